The van der Waals surface area contributed by atoms with Gasteiger partial charge in [0.15, 0.2) is 0 Å². The molecule has 2 fully saturated rings. The number of fused-ring (bicyclic) bond motifs is 1. The molecule has 2 aliphatic rings. The van der Waals surface area contributed by atoms with Gasteiger partial charge in [-0.05, 0) is 31.0 Å². The Balaban J connectivity index is 1.50. The number of hydrogen-bond donors (Lipinski definition) is 0. The molecule has 2 aromatic rings. The van der Waals surface area contributed by atoms with E-state index < -0.39 is 0 Å². The molecule has 2 aliphatic heterocycles. The third-order valence-electron chi connectivity index (χ3n) is 5.09. The van der Waals surface area contributed by atoms with Crippen molar-refractivity contribution in [2.75, 3.05) is 26.3 Å². The maximum Gasteiger partial charge on any atom is 0.272 e. The van der Waals surface area contributed by atoms with Gasteiger partial charge in [-0.25, -0.2) is 4.98 Å². The lowest BCUT2D eigenvalue weighted by Gasteiger charge is -2.43. The predicted molar refractivity (Wildman–Crippen MR) is 91.3 cm³/mol. The van der Waals surface area contributed by atoms with E-state index in [0.29, 0.717) is 37.9 Å². The summed E-state index contributed by atoms with van der Waals surface area (Å²) in [6, 6.07) is 11.0. The van der Waals surface area contributed by atoms with Crippen LogP contribution in [0.3, 0.4) is 0 Å². The first-order chi connectivity index (χ1) is 12.3. The maximum atomic E-state index is 12.8. The predicted octanol–water partition coefficient (Wildman–Crippen LogP) is 2.18. The summed E-state index contributed by atoms with van der Waals surface area (Å²) in [6.07, 6.45) is 5.20. The second-order valence-corrected chi connectivity index (χ2v) is 6.66. The van der Waals surface area contributed by atoms with Crippen LogP contribution in [0.2, 0.25) is 0 Å². The molecular weight excluding hydrogens is 318 g/mol. The van der Waals surface area contributed by atoms with Crippen molar-refractivity contribution in [2.24, 2.45) is 5.41 Å². The number of pyridine rings is 2. The molecule has 0 aromatic carbocycles. The molecule has 0 spiro atoms. The van der Waals surface area contributed by atoms with Crippen molar-refractivity contribution in [1.82, 2.24) is 14.9 Å². The minimum absolute atomic E-state index is 0.0249. The summed E-state index contributed by atoms with van der Waals surface area (Å²) in [5.74, 6) is 0.582. The molecule has 6 nitrogen and oxygen atoms in total. The van der Waals surface area contributed by atoms with E-state index in [2.05, 4.69) is 9.97 Å². The SMILES string of the molecule is O=C(c1ccccn1)N1CC[C@@H]2OCC[C@]2(COc2ccccn2)C1. The van der Waals surface area contributed by atoms with Crippen LogP contribution in [0.5, 0.6) is 5.88 Å². The Bertz CT molecular complexity index is 725. The van der Waals surface area contributed by atoms with E-state index >= 15 is 0 Å². The third-order valence-corrected chi connectivity index (χ3v) is 5.09. The van der Waals surface area contributed by atoms with Crippen molar-refractivity contribution < 1.29 is 14.3 Å². The number of hydrogen-bond acceptors (Lipinski definition) is 5. The molecule has 25 heavy (non-hydrogen) atoms. The Labute approximate surface area is 146 Å². The van der Waals surface area contributed by atoms with Gasteiger partial charge in [-0.1, -0.05) is 12.1 Å². The highest BCUT2D eigenvalue weighted by atomic mass is 16.5. The number of piperidine rings is 1. The Morgan fingerprint density at radius 1 is 1.24 bits per heavy atom. The Morgan fingerprint density at radius 2 is 2.08 bits per heavy atom. The summed E-state index contributed by atoms with van der Waals surface area (Å²) >= 11 is 0. The number of likely N-dealkylation sites (tertiary alicyclic amines) is 1. The van der Waals surface area contributed by atoms with Gasteiger partial charge in [-0.15, -0.1) is 0 Å². The number of carbonyl (C=O) groups is 1. The zero-order chi connectivity index (χ0) is 17.1. The molecule has 0 bridgehead atoms. The van der Waals surface area contributed by atoms with Crippen LogP contribution in [0.1, 0.15) is 23.3 Å². The average Bonchev–Trinajstić information content (AvgIpc) is 3.11. The van der Waals surface area contributed by atoms with Crippen LogP contribution in [-0.2, 0) is 4.74 Å². The fourth-order valence-corrected chi connectivity index (χ4v) is 3.73. The lowest BCUT2D eigenvalue weighted by atomic mass is 9.77. The van der Waals surface area contributed by atoms with E-state index in [9.17, 15) is 4.79 Å². The molecule has 2 aromatic heterocycles. The molecule has 4 rings (SSSR count). The molecule has 0 saturated carbocycles. The normalized spacial score (nSPS) is 25.4. The number of rotatable bonds is 4. The van der Waals surface area contributed by atoms with Crippen molar-refractivity contribution in [3.63, 3.8) is 0 Å². The van der Waals surface area contributed by atoms with E-state index in [1.165, 1.54) is 0 Å². The van der Waals surface area contributed by atoms with E-state index in [1.807, 2.05) is 35.2 Å². The van der Waals surface area contributed by atoms with E-state index in [1.54, 1.807) is 18.5 Å². The molecule has 2 saturated heterocycles. The standard InChI is InChI=1S/C19H21N3O3/c23-18(15-5-1-3-9-20-15)22-11-7-16-19(13-22,8-12-24-16)14-25-17-6-2-4-10-21-17/h1-6,9-10,16H,7-8,11-14H2/t16-,19+/m0/s1. The molecule has 2 atom stereocenters. The van der Waals surface area contributed by atoms with Gasteiger partial charge in [0.25, 0.3) is 5.91 Å². The summed E-state index contributed by atoms with van der Waals surface area (Å²) in [6.45, 7) is 2.52. The second-order valence-electron chi connectivity index (χ2n) is 6.66. The van der Waals surface area contributed by atoms with Crippen molar-refractivity contribution in [3.05, 3.63) is 54.5 Å². The van der Waals surface area contributed by atoms with Crippen molar-refractivity contribution in [1.29, 1.82) is 0 Å². The molecule has 0 unspecified atom stereocenters. The Morgan fingerprint density at radius 3 is 2.84 bits per heavy atom. The van der Waals surface area contributed by atoms with Crippen LogP contribution in [0.25, 0.3) is 0 Å². The minimum Gasteiger partial charge on any atom is -0.477 e. The van der Waals surface area contributed by atoms with Crippen LogP contribution in [0, 0.1) is 5.41 Å². The molecule has 130 valence electrons. The van der Waals surface area contributed by atoms with Crippen LogP contribution in [0.15, 0.2) is 48.8 Å². The van der Waals surface area contributed by atoms with Crippen LogP contribution >= 0.6 is 0 Å². The van der Waals surface area contributed by atoms with Crippen LogP contribution < -0.4 is 4.74 Å². The number of nitrogens with zero attached hydrogens (tertiary/aromatic N) is 3. The topological polar surface area (TPSA) is 64.6 Å². The van der Waals surface area contributed by atoms with Gasteiger partial charge in [-0.3, -0.25) is 9.78 Å². The van der Waals surface area contributed by atoms with Gasteiger partial charge in [0.05, 0.1) is 18.1 Å². The lowest BCUT2D eigenvalue weighted by molar-refractivity contribution is -0.0333. The first-order valence-electron chi connectivity index (χ1n) is 8.63. The average molecular weight is 339 g/mol. The number of ether oxygens (including phenoxy) is 2. The van der Waals surface area contributed by atoms with Gasteiger partial charge < -0.3 is 14.4 Å². The summed E-state index contributed by atoms with van der Waals surface area (Å²) in [5.41, 5.74) is 0.306. The molecule has 6 heteroatoms. The molecule has 1 amide bonds. The van der Waals surface area contributed by atoms with Crippen molar-refractivity contribution in [3.8, 4) is 5.88 Å². The molecular formula is C19H21N3O3. The Hall–Kier alpha value is -2.47. The number of carbonyl (C=O) groups excluding carboxylic acids is 1. The smallest absolute Gasteiger partial charge is 0.272 e. The molecule has 0 N–H and O–H groups in total. The summed E-state index contributed by atoms with van der Waals surface area (Å²) in [4.78, 5) is 23.1. The minimum atomic E-state index is -0.180. The highest BCUT2D eigenvalue weighted by Gasteiger charge is 2.49. The van der Waals surface area contributed by atoms with Crippen LogP contribution in [-0.4, -0.2) is 53.2 Å². The van der Waals surface area contributed by atoms with E-state index in [0.717, 1.165) is 12.8 Å². The van der Waals surface area contributed by atoms with Crippen molar-refractivity contribution in [2.45, 2.75) is 18.9 Å². The summed E-state index contributed by atoms with van der Waals surface area (Å²) < 4.78 is 11.9. The zero-order valence-electron chi connectivity index (χ0n) is 14.0. The van der Waals surface area contributed by atoms with Crippen LogP contribution in [0.4, 0.5) is 0 Å². The number of amides is 1. The molecule has 0 aliphatic carbocycles. The van der Waals surface area contributed by atoms with Gasteiger partial charge in [0.1, 0.15) is 5.69 Å². The molecule has 4 heterocycles. The quantitative estimate of drug-likeness (QED) is 0.854. The first-order valence-corrected chi connectivity index (χ1v) is 8.63. The summed E-state index contributed by atoms with van der Waals surface area (Å²) in [7, 11) is 0. The van der Waals surface area contributed by atoms with E-state index in [4.69, 9.17) is 9.47 Å². The maximum absolute atomic E-state index is 12.8. The highest BCUT2D eigenvalue weighted by Crippen LogP contribution is 2.41. The lowest BCUT2D eigenvalue weighted by Crippen LogP contribution is -2.54. The van der Waals surface area contributed by atoms with E-state index in [-0.39, 0.29) is 17.4 Å². The van der Waals surface area contributed by atoms with Gasteiger partial charge >= 0.3 is 0 Å². The number of aromatic nitrogens is 2. The zero-order valence-corrected chi connectivity index (χ0v) is 14.0. The monoisotopic (exact) mass is 339 g/mol. The second kappa shape index (κ2) is 6.80. The summed E-state index contributed by atoms with van der Waals surface area (Å²) in [5, 5.41) is 0. The molecule has 0 radical (unpaired) electrons. The first kappa shape index (κ1) is 16.0. The van der Waals surface area contributed by atoms with Gasteiger partial charge in [0, 0.05) is 38.2 Å². The highest BCUT2D eigenvalue weighted by molar-refractivity contribution is 5.92. The fraction of sp³-hybridized carbons (Fsp3) is 0.421. The van der Waals surface area contributed by atoms with Gasteiger partial charge in [-0.2, -0.15) is 0 Å². The fourth-order valence-electron chi connectivity index (χ4n) is 3.73. The largest absolute Gasteiger partial charge is 0.477 e. The van der Waals surface area contributed by atoms with Crippen molar-refractivity contribution >= 4 is 5.91 Å². The third kappa shape index (κ3) is 3.22. The Kier molecular flexibility index (Phi) is 4.36. The van der Waals surface area contributed by atoms with Gasteiger partial charge in [0.2, 0.25) is 5.88 Å².